The van der Waals surface area contributed by atoms with Gasteiger partial charge in [-0.2, -0.15) is 0 Å². The molecule has 0 heterocycles. The molecule has 76 valence electrons. The smallest absolute Gasteiger partial charge is 0.146 e. The van der Waals surface area contributed by atoms with Gasteiger partial charge < -0.3 is 5.73 Å². The lowest BCUT2D eigenvalue weighted by Crippen LogP contribution is -2.12. The number of rotatable bonds is 2. The van der Waals surface area contributed by atoms with Crippen LogP contribution in [-0.2, 0) is 0 Å². The average molecular weight is 239 g/mol. The predicted octanol–water partition coefficient (Wildman–Crippen LogP) is 2.85. The number of hydrogen-bond acceptors (Lipinski definition) is 1. The molecule has 1 aromatic rings. The first-order valence-electron chi connectivity index (χ1n) is 3.58. The zero-order valence-corrected chi connectivity index (χ0v) is 8.41. The first-order valence-corrected chi connectivity index (χ1v) is 4.49. The average Bonchev–Trinajstić information content (AvgIpc) is 2.13. The quantitative estimate of drug-likeness (QED) is 0.366. The van der Waals surface area contributed by atoms with Crippen molar-refractivity contribution in [3.05, 3.63) is 28.8 Å². The van der Waals surface area contributed by atoms with Crippen LogP contribution in [0.15, 0.2) is 17.1 Å². The summed E-state index contributed by atoms with van der Waals surface area (Å²) in [7, 11) is 0. The Balaban J connectivity index is 3.21. The summed E-state index contributed by atoms with van der Waals surface area (Å²) >= 11 is 10.9. The largest absolute Gasteiger partial charge is 0.386 e. The number of aliphatic imine (C=N–C) groups is 1. The van der Waals surface area contributed by atoms with Crippen LogP contribution < -0.4 is 5.73 Å². The van der Waals surface area contributed by atoms with E-state index in [2.05, 4.69) is 4.99 Å². The van der Waals surface area contributed by atoms with Gasteiger partial charge in [-0.15, -0.1) is 11.6 Å². The van der Waals surface area contributed by atoms with Crippen LogP contribution in [0.4, 0.5) is 14.5 Å². The van der Waals surface area contributed by atoms with Gasteiger partial charge in [0.05, 0.1) is 11.6 Å². The summed E-state index contributed by atoms with van der Waals surface area (Å²) in [6.45, 7) is 0. The second-order valence-corrected chi connectivity index (χ2v) is 3.10. The number of halogens is 4. The van der Waals surface area contributed by atoms with Gasteiger partial charge in [0, 0.05) is 12.1 Å². The van der Waals surface area contributed by atoms with Gasteiger partial charge in [0.2, 0.25) is 0 Å². The molecule has 0 aliphatic heterocycles. The number of hydrogen-bond donors (Lipinski definition) is 1. The maximum atomic E-state index is 12.9. The maximum Gasteiger partial charge on any atom is 0.146 e. The molecule has 0 aliphatic carbocycles. The van der Waals surface area contributed by atoms with Crippen molar-refractivity contribution in [3.63, 3.8) is 0 Å². The Morgan fingerprint density at radius 1 is 1.43 bits per heavy atom. The summed E-state index contributed by atoms with van der Waals surface area (Å²) in [6, 6.07) is 1.64. The van der Waals surface area contributed by atoms with E-state index in [0.717, 1.165) is 6.07 Å². The molecule has 0 aromatic heterocycles. The number of amidine groups is 1. The molecule has 0 saturated carbocycles. The minimum absolute atomic E-state index is 0.0333. The Hall–Kier alpha value is -0.870. The van der Waals surface area contributed by atoms with Crippen molar-refractivity contribution in [2.75, 3.05) is 5.88 Å². The molecular weight excluding hydrogens is 233 g/mol. The van der Waals surface area contributed by atoms with Crippen LogP contribution in [0.3, 0.4) is 0 Å². The molecule has 6 heteroatoms. The minimum Gasteiger partial charge on any atom is -0.386 e. The van der Waals surface area contributed by atoms with Crippen molar-refractivity contribution in [2.45, 2.75) is 0 Å². The highest BCUT2D eigenvalue weighted by Crippen LogP contribution is 2.28. The fraction of sp³-hybridized carbons (Fsp3) is 0.125. The normalized spacial score (nSPS) is 11.9. The zero-order valence-electron chi connectivity index (χ0n) is 6.90. The van der Waals surface area contributed by atoms with Crippen molar-refractivity contribution < 1.29 is 8.78 Å². The summed E-state index contributed by atoms with van der Waals surface area (Å²) in [6.07, 6.45) is 0. The van der Waals surface area contributed by atoms with Crippen LogP contribution in [0.2, 0.25) is 5.02 Å². The second kappa shape index (κ2) is 4.57. The molecule has 2 nitrogen and oxygen atoms in total. The van der Waals surface area contributed by atoms with Gasteiger partial charge in [-0.1, -0.05) is 11.6 Å². The Morgan fingerprint density at radius 2 is 2.07 bits per heavy atom. The third-order valence-corrected chi connectivity index (χ3v) is 2.02. The molecule has 0 amide bonds. The van der Waals surface area contributed by atoms with Crippen LogP contribution in [0.5, 0.6) is 0 Å². The van der Waals surface area contributed by atoms with Gasteiger partial charge in [-0.05, 0) is 0 Å². The Kier molecular flexibility index (Phi) is 3.66. The third kappa shape index (κ3) is 2.56. The lowest BCUT2D eigenvalue weighted by Gasteiger charge is -2.01. The van der Waals surface area contributed by atoms with Gasteiger partial charge >= 0.3 is 0 Å². The van der Waals surface area contributed by atoms with E-state index in [9.17, 15) is 8.78 Å². The standard InChI is InChI=1S/C8H6Cl2F2N2/c9-3-7(13)14-6-2-4(11)1-5(12)8(6)10/h1-2H,3H2,(H2,13,14). The van der Waals surface area contributed by atoms with Crippen LogP contribution in [0.1, 0.15) is 0 Å². The molecule has 14 heavy (non-hydrogen) atoms. The van der Waals surface area contributed by atoms with E-state index in [-0.39, 0.29) is 22.4 Å². The fourth-order valence-corrected chi connectivity index (χ4v) is 1.02. The summed E-state index contributed by atoms with van der Waals surface area (Å²) in [4.78, 5) is 3.65. The molecule has 0 saturated heterocycles. The van der Waals surface area contributed by atoms with Gasteiger partial charge in [0.25, 0.3) is 0 Å². The van der Waals surface area contributed by atoms with E-state index >= 15 is 0 Å². The highest BCUT2D eigenvalue weighted by atomic mass is 35.5. The van der Waals surface area contributed by atoms with E-state index in [1.165, 1.54) is 0 Å². The predicted molar refractivity (Wildman–Crippen MR) is 53.4 cm³/mol. The Bertz CT molecular complexity index is 380. The Labute approximate surface area is 89.3 Å². The number of benzene rings is 1. The highest BCUT2D eigenvalue weighted by molar-refractivity contribution is 6.33. The van der Waals surface area contributed by atoms with Gasteiger partial charge in [-0.3, -0.25) is 0 Å². The summed E-state index contributed by atoms with van der Waals surface area (Å²) in [5.74, 6) is -1.64. The van der Waals surface area contributed by atoms with Crippen LogP contribution >= 0.6 is 23.2 Å². The molecular formula is C8H6Cl2F2N2. The lowest BCUT2D eigenvalue weighted by atomic mass is 10.3. The topological polar surface area (TPSA) is 38.4 Å². The number of nitrogens with zero attached hydrogens (tertiary/aromatic N) is 1. The summed E-state index contributed by atoms with van der Waals surface area (Å²) in [5, 5.41) is -0.278. The zero-order chi connectivity index (χ0) is 10.7. The summed E-state index contributed by atoms with van der Waals surface area (Å²) in [5.41, 5.74) is 5.22. The summed E-state index contributed by atoms with van der Waals surface area (Å²) < 4.78 is 25.6. The molecule has 0 atom stereocenters. The van der Waals surface area contributed by atoms with Gasteiger partial charge in [0.15, 0.2) is 0 Å². The van der Waals surface area contributed by atoms with Crippen molar-refractivity contribution in [3.8, 4) is 0 Å². The fourth-order valence-electron chi connectivity index (χ4n) is 0.808. The van der Waals surface area contributed by atoms with Crippen molar-refractivity contribution >= 4 is 34.7 Å². The van der Waals surface area contributed by atoms with Crippen molar-refractivity contribution in [2.24, 2.45) is 10.7 Å². The molecule has 2 N–H and O–H groups in total. The maximum absolute atomic E-state index is 12.9. The monoisotopic (exact) mass is 238 g/mol. The molecule has 0 spiro atoms. The Morgan fingerprint density at radius 3 is 2.64 bits per heavy atom. The van der Waals surface area contributed by atoms with Crippen molar-refractivity contribution in [1.82, 2.24) is 0 Å². The second-order valence-electron chi connectivity index (χ2n) is 2.46. The SMILES string of the molecule is NC(CCl)=Nc1cc(F)cc(F)c1Cl. The van der Waals surface area contributed by atoms with E-state index in [1.807, 2.05) is 0 Å². The van der Waals surface area contributed by atoms with Crippen LogP contribution in [0.25, 0.3) is 0 Å². The number of alkyl halides is 1. The lowest BCUT2D eigenvalue weighted by molar-refractivity contribution is 0.584. The van der Waals surface area contributed by atoms with E-state index in [0.29, 0.717) is 6.07 Å². The van der Waals surface area contributed by atoms with Gasteiger partial charge in [-0.25, -0.2) is 13.8 Å². The molecule has 0 radical (unpaired) electrons. The first-order chi connectivity index (χ1) is 6.54. The highest BCUT2D eigenvalue weighted by Gasteiger charge is 2.08. The third-order valence-electron chi connectivity index (χ3n) is 1.37. The molecule has 0 aliphatic rings. The van der Waals surface area contributed by atoms with E-state index < -0.39 is 11.6 Å². The first kappa shape index (κ1) is 11.2. The number of nitrogens with two attached hydrogens (primary N) is 1. The molecule has 1 rings (SSSR count). The van der Waals surface area contributed by atoms with Gasteiger partial charge in [0.1, 0.15) is 22.5 Å². The van der Waals surface area contributed by atoms with Crippen LogP contribution in [-0.4, -0.2) is 11.7 Å². The van der Waals surface area contributed by atoms with Crippen molar-refractivity contribution in [1.29, 1.82) is 0 Å². The minimum atomic E-state index is -0.882. The molecule has 0 bridgehead atoms. The molecule has 0 unspecified atom stereocenters. The molecule has 0 fully saturated rings. The van der Waals surface area contributed by atoms with Crippen LogP contribution in [0, 0.1) is 11.6 Å². The van der Waals surface area contributed by atoms with E-state index in [4.69, 9.17) is 28.9 Å². The van der Waals surface area contributed by atoms with E-state index in [1.54, 1.807) is 0 Å². The molecule has 1 aromatic carbocycles.